The second kappa shape index (κ2) is 3.97. The molecule has 0 aromatic heterocycles. The summed E-state index contributed by atoms with van der Waals surface area (Å²) in [4.78, 5) is 0. The molecule has 1 radical (unpaired) electrons. The Kier molecular flexibility index (Phi) is 3.20. The highest BCUT2D eigenvalue weighted by atomic mass is 16.3. The lowest BCUT2D eigenvalue weighted by molar-refractivity contribution is 0.107. The van der Waals surface area contributed by atoms with Gasteiger partial charge in [0, 0.05) is 0 Å². The summed E-state index contributed by atoms with van der Waals surface area (Å²) in [5.41, 5.74) is 0. The van der Waals surface area contributed by atoms with Crippen molar-refractivity contribution in [3.8, 4) is 0 Å². The van der Waals surface area contributed by atoms with E-state index in [1.54, 1.807) is 0 Å². The van der Waals surface area contributed by atoms with E-state index in [1.807, 2.05) is 0 Å². The fraction of sp³-hybridized carbons (Fsp3) is 0.889. The summed E-state index contributed by atoms with van der Waals surface area (Å²) in [6.45, 7) is 3.84. The Morgan fingerprint density at radius 2 is 1.80 bits per heavy atom. The van der Waals surface area contributed by atoms with Crippen molar-refractivity contribution in [2.75, 3.05) is 0 Å². The van der Waals surface area contributed by atoms with Gasteiger partial charge in [0.05, 0.1) is 6.10 Å². The van der Waals surface area contributed by atoms with Gasteiger partial charge in [-0.25, -0.2) is 0 Å². The third-order valence-electron chi connectivity index (χ3n) is 2.43. The lowest BCUT2D eigenvalue weighted by Crippen LogP contribution is -2.17. The van der Waals surface area contributed by atoms with Crippen LogP contribution < -0.4 is 0 Å². The average molecular weight is 141 g/mol. The molecule has 0 bridgehead atoms. The third-order valence-corrected chi connectivity index (χ3v) is 2.43. The predicted molar refractivity (Wildman–Crippen MR) is 42.6 cm³/mol. The van der Waals surface area contributed by atoms with E-state index in [0.717, 1.165) is 25.2 Å². The van der Waals surface area contributed by atoms with Crippen LogP contribution in [0.5, 0.6) is 0 Å². The first-order valence-corrected chi connectivity index (χ1v) is 4.30. The van der Waals surface area contributed by atoms with Crippen molar-refractivity contribution in [1.29, 1.82) is 0 Å². The van der Waals surface area contributed by atoms with Crippen molar-refractivity contribution < 1.29 is 5.11 Å². The minimum Gasteiger partial charge on any atom is -0.393 e. The second-order valence-electron chi connectivity index (χ2n) is 3.32. The van der Waals surface area contributed by atoms with Crippen LogP contribution in [-0.4, -0.2) is 11.2 Å². The average Bonchev–Trinajstić information content (AvgIpc) is 1.95. The SMILES string of the molecule is [CH2]CCC1CCC(O)CC1. The highest BCUT2D eigenvalue weighted by Crippen LogP contribution is 2.27. The fourth-order valence-corrected chi connectivity index (χ4v) is 1.72. The van der Waals surface area contributed by atoms with Gasteiger partial charge in [-0.3, -0.25) is 0 Å². The van der Waals surface area contributed by atoms with Gasteiger partial charge < -0.3 is 5.11 Å². The predicted octanol–water partition coefficient (Wildman–Crippen LogP) is 2.15. The molecule has 1 fully saturated rings. The van der Waals surface area contributed by atoms with Crippen LogP contribution in [0.2, 0.25) is 0 Å². The Morgan fingerprint density at radius 1 is 1.20 bits per heavy atom. The zero-order chi connectivity index (χ0) is 7.40. The van der Waals surface area contributed by atoms with Crippen molar-refractivity contribution in [2.45, 2.75) is 44.6 Å². The number of aliphatic hydroxyl groups excluding tert-OH is 1. The van der Waals surface area contributed by atoms with E-state index >= 15 is 0 Å². The van der Waals surface area contributed by atoms with Crippen LogP contribution in [0.25, 0.3) is 0 Å². The van der Waals surface area contributed by atoms with Gasteiger partial charge in [-0.15, -0.1) is 0 Å². The van der Waals surface area contributed by atoms with Gasteiger partial charge in [0.2, 0.25) is 0 Å². The van der Waals surface area contributed by atoms with Crippen LogP contribution in [-0.2, 0) is 0 Å². The highest BCUT2D eigenvalue weighted by Gasteiger charge is 2.17. The summed E-state index contributed by atoms with van der Waals surface area (Å²) >= 11 is 0. The van der Waals surface area contributed by atoms with E-state index < -0.39 is 0 Å². The first kappa shape index (κ1) is 8.06. The Bertz CT molecular complexity index is 82.7. The third kappa shape index (κ3) is 2.30. The standard InChI is InChI=1S/C9H17O/c1-2-3-8-4-6-9(10)7-5-8/h8-10H,1-7H2. The van der Waals surface area contributed by atoms with Crippen LogP contribution in [0.15, 0.2) is 0 Å². The largest absolute Gasteiger partial charge is 0.393 e. The summed E-state index contributed by atoms with van der Waals surface area (Å²) in [5.74, 6) is 0.862. The molecule has 0 unspecified atom stereocenters. The fourth-order valence-electron chi connectivity index (χ4n) is 1.72. The van der Waals surface area contributed by atoms with Crippen molar-refractivity contribution in [2.24, 2.45) is 5.92 Å². The molecule has 1 N–H and O–H groups in total. The van der Waals surface area contributed by atoms with E-state index in [0.29, 0.717) is 0 Å². The maximum atomic E-state index is 9.18. The zero-order valence-corrected chi connectivity index (χ0v) is 6.55. The monoisotopic (exact) mass is 141 g/mol. The molecule has 0 heterocycles. The molecule has 0 atom stereocenters. The van der Waals surface area contributed by atoms with Crippen molar-refractivity contribution in [3.63, 3.8) is 0 Å². The summed E-state index contributed by atoms with van der Waals surface area (Å²) in [7, 11) is 0. The van der Waals surface area contributed by atoms with E-state index in [1.165, 1.54) is 19.3 Å². The van der Waals surface area contributed by atoms with Gasteiger partial charge in [0.25, 0.3) is 0 Å². The first-order chi connectivity index (χ1) is 4.83. The van der Waals surface area contributed by atoms with Crippen LogP contribution in [0.4, 0.5) is 0 Å². The first-order valence-electron chi connectivity index (χ1n) is 4.30. The van der Waals surface area contributed by atoms with Gasteiger partial charge in [-0.1, -0.05) is 19.8 Å². The topological polar surface area (TPSA) is 20.2 Å². The van der Waals surface area contributed by atoms with Crippen molar-refractivity contribution >= 4 is 0 Å². The molecule has 0 aromatic carbocycles. The van der Waals surface area contributed by atoms with E-state index in [-0.39, 0.29) is 6.10 Å². The smallest absolute Gasteiger partial charge is 0.0540 e. The van der Waals surface area contributed by atoms with E-state index in [9.17, 15) is 5.11 Å². The van der Waals surface area contributed by atoms with Gasteiger partial charge in [-0.05, 0) is 31.6 Å². The van der Waals surface area contributed by atoms with Crippen molar-refractivity contribution in [1.82, 2.24) is 0 Å². The maximum absolute atomic E-state index is 9.18. The lowest BCUT2D eigenvalue weighted by Gasteiger charge is -2.24. The van der Waals surface area contributed by atoms with E-state index in [4.69, 9.17) is 0 Å². The normalized spacial score (nSPS) is 34.2. The summed E-state index contributed by atoms with van der Waals surface area (Å²) < 4.78 is 0. The Hall–Kier alpha value is -0.0400. The van der Waals surface area contributed by atoms with Gasteiger partial charge in [0.15, 0.2) is 0 Å². The van der Waals surface area contributed by atoms with Crippen LogP contribution in [0.3, 0.4) is 0 Å². The Labute approximate surface area is 63.4 Å². The number of hydrogen-bond donors (Lipinski definition) is 1. The molecule has 1 aliphatic rings. The van der Waals surface area contributed by atoms with Gasteiger partial charge in [0.1, 0.15) is 0 Å². The highest BCUT2D eigenvalue weighted by molar-refractivity contribution is 4.71. The van der Waals surface area contributed by atoms with Crippen molar-refractivity contribution in [3.05, 3.63) is 6.92 Å². The van der Waals surface area contributed by atoms with Crippen LogP contribution in [0.1, 0.15) is 38.5 Å². The minimum atomic E-state index is 0.000986. The molecule has 1 heteroatoms. The van der Waals surface area contributed by atoms with Gasteiger partial charge >= 0.3 is 0 Å². The molecule has 1 saturated carbocycles. The molecule has 59 valence electrons. The maximum Gasteiger partial charge on any atom is 0.0540 e. The summed E-state index contributed by atoms with van der Waals surface area (Å²) in [6.07, 6.45) is 6.79. The number of aliphatic hydroxyl groups is 1. The summed E-state index contributed by atoms with van der Waals surface area (Å²) in [5, 5.41) is 9.18. The molecule has 10 heavy (non-hydrogen) atoms. The van der Waals surface area contributed by atoms with E-state index in [2.05, 4.69) is 6.92 Å². The lowest BCUT2D eigenvalue weighted by atomic mass is 9.85. The van der Waals surface area contributed by atoms with Gasteiger partial charge in [-0.2, -0.15) is 0 Å². The molecular formula is C9H17O. The molecule has 0 spiro atoms. The number of hydrogen-bond acceptors (Lipinski definition) is 1. The molecule has 0 amide bonds. The molecule has 0 saturated heterocycles. The second-order valence-corrected chi connectivity index (χ2v) is 3.32. The molecular weight excluding hydrogens is 124 g/mol. The molecule has 1 rings (SSSR count). The Balaban J connectivity index is 2.13. The molecule has 1 aliphatic carbocycles. The summed E-state index contributed by atoms with van der Waals surface area (Å²) in [6, 6.07) is 0. The molecule has 0 aliphatic heterocycles. The molecule has 1 nitrogen and oxygen atoms in total. The Morgan fingerprint density at radius 3 is 2.30 bits per heavy atom. The molecule has 0 aromatic rings. The number of rotatable bonds is 2. The quantitative estimate of drug-likeness (QED) is 0.624. The van der Waals surface area contributed by atoms with Crippen LogP contribution >= 0.6 is 0 Å². The minimum absolute atomic E-state index is 0.000986. The zero-order valence-electron chi connectivity index (χ0n) is 6.55. The van der Waals surface area contributed by atoms with Crippen LogP contribution in [0, 0.1) is 12.8 Å².